The lowest BCUT2D eigenvalue weighted by Gasteiger charge is -2.15. The molecule has 116 valence electrons. The number of aromatic nitrogens is 1. The normalized spacial score (nSPS) is 10.9. The van der Waals surface area contributed by atoms with E-state index in [9.17, 15) is 18.0 Å². The number of pyridine rings is 1. The Hall–Kier alpha value is -2.97. The van der Waals surface area contributed by atoms with Crippen LogP contribution in [0.3, 0.4) is 0 Å². The van der Waals surface area contributed by atoms with Crippen LogP contribution in [0.25, 0.3) is 11.1 Å². The van der Waals surface area contributed by atoms with Gasteiger partial charge in [0, 0.05) is 10.6 Å². The molecular weight excluding hydrogens is 333 g/mol. The van der Waals surface area contributed by atoms with E-state index in [1.165, 1.54) is 6.07 Å². The average molecular weight is 339 g/mol. The lowest BCUT2D eigenvalue weighted by Crippen LogP contribution is -2.17. The smallest absolute Gasteiger partial charge is 0.384 e. The molecule has 0 saturated heterocycles. The number of aromatic amines is 1. The molecule has 0 aliphatic rings. The predicted molar refractivity (Wildman–Crippen MR) is 76.4 cm³/mol. The van der Waals surface area contributed by atoms with Crippen LogP contribution in [0.15, 0.2) is 23.0 Å². The standard InChI is InChI=1S/C14H6ClF3N4O/c15-6-1-2-10(14(16,17)18)7(3-6)11-8(4-19)12(21)22-13(23)9(11)5-20/h1-3H,(H3,21,22,23). The van der Waals surface area contributed by atoms with E-state index in [1.807, 2.05) is 0 Å². The van der Waals surface area contributed by atoms with Crippen LogP contribution >= 0.6 is 11.6 Å². The van der Waals surface area contributed by atoms with Crippen LogP contribution in [0.4, 0.5) is 19.0 Å². The number of nitrogens with two attached hydrogens (primary N) is 1. The van der Waals surface area contributed by atoms with Crippen LogP contribution in [0.5, 0.6) is 0 Å². The second kappa shape index (κ2) is 5.67. The number of rotatable bonds is 1. The number of alkyl halides is 3. The van der Waals surface area contributed by atoms with Gasteiger partial charge in [-0.05, 0) is 23.8 Å². The molecule has 0 fully saturated rings. The minimum absolute atomic E-state index is 0.0559. The number of hydrogen-bond acceptors (Lipinski definition) is 4. The van der Waals surface area contributed by atoms with E-state index < -0.39 is 45.4 Å². The predicted octanol–water partition coefficient (Wildman–Crippen LogP) is 3.04. The van der Waals surface area contributed by atoms with Gasteiger partial charge in [0.1, 0.15) is 29.1 Å². The van der Waals surface area contributed by atoms with Gasteiger partial charge in [-0.2, -0.15) is 23.7 Å². The Balaban J connectivity index is 3.05. The first kappa shape index (κ1) is 16.4. The molecule has 0 atom stereocenters. The molecule has 9 heteroatoms. The van der Waals surface area contributed by atoms with Crippen molar-refractivity contribution in [3.05, 3.63) is 50.3 Å². The molecule has 0 aliphatic heterocycles. The molecule has 0 radical (unpaired) electrons. The molecule has 0 bridgehead atoms. The van der Waals surface area contributed by atoms with Gasteiger partial charge in [-0.25, -0.2) is 0 Å². The number of H-pyrrole nitrogens is 1. The second-order valence-corrected chi connectivity index (χ2v) is 4.84. The second-order valence-electron chi connectivity index (χ2n) is 4.40. The molecule has 1 heterocycles. The number of halogens is 4. The minimum Gasteiger partial charge on any atom is -0.384 e. The van der Waals surface area contributed by atoms with Crippen LogP contribution in [-0.2, 0) is 6.18 Å². The summed E-state index contributed by atoms with van der Waals surface area (Å²) in [4.78, 5) is 13.9. The van der Waals surface area contributed by atoms with Crippen LogP contribution in [0.1, 0.15) is 16.7 Å². The summed E-state index contributed by atoms with van der Waals surface area (Å²) < 4.78 is 39.6. The molecule has 23 heavy (non-hydrogen) atoms. The van der Waals surface area contributed by atoms with Gasteiger partial charge in [-0.1, -0.05) is 11.6 Å². The van der Waals surface area contributed by atoms with Crippen LogP contribution < -0.4 is 11.3 Å². The Morgan fingerprint density at radius 3 is 2.30 bits per heavy atom. The summed E-state index contributed by atoms with van der Waals surface area (Å²) in [6, 6.07) is 5.76. The Morgan fingerprint density at radius 2 is 1.78 bits per heavy atom. The average Bonchev–Trinajstić information content (AvgIpc) is 2.45. The number of nitrogens with zero attached hydrogens (tertiary/aromatic N) is 2. The first-order valence-electron chi connectivity index (χ1n) is 5.93. The van der Waals surface area contributed by atoms with Crippen molar-refractivity contribution in [3.8, 4) is 23.3 Å². The summed E-state index contributed by atoms with van der Waals surface area (Å²) in [6.45, 7) is 0. The van der Waals surface area contributed by atoms with Crippen molar-refractivity contribution in [1.29, 1.82) is 10.5 Å². The summed E-state index contributed by atoms with van der Waals surface area (Å²) in [5.74, 6) is -0.431. The van der Waals surface area contributed by atoms with Crippen molar-refractivity contribution in [2.45, 2.75) is 6.18 Å². The van der Waals surface area contributed by atoms with Gasteiger partial charge in [0.25, 0.3) is 5.56 Å². The highest BCUT2D eigenvalue weighted by molar-refractivity contribution is 6.31. The molecule has 0 aliphatic carbocycles. The maximum absolute atomic E-state index is 13.2. The highest BCUT2D eigenvalue weighted by atomic mass is 35.5. The van der Waals surface area contributed by atoms with Crippen molar-refractivity contribution >= 4 is 17.4 Å². The monoisotopic (exact) mass is 338 g/mol. The first-order valence-corrected chi connectivity index (χ1v) is 6.31. The fraction of sp³-hybridized carbons (Fsp3) is 0.0714. The van der Waals surface area contributed by atoms with Gasteiger partial charge < -0.3 is 10.7 Å². The number of anilines is 1. The largest absolute Gasteiger partial charge is 0.417 e. The molecular formula is C14H6ClF3N4O. The van der Waals surface area contributed by atoms with E-state index in [2.05, 4.69) is 4.98 Å². The van der Waals surface area contributed by atoms with E-state index in [4.69, 9.17) is 27.9 Å². The van der Waals surface area contributed by atoms with E-state index >= 15 is 0 Å². The van der Waals surface area contributed by atoms with Gasteiger partial charge in [-0.15, -0.1) is 0 Å². The Labute approximate surface area is 132 Å². The summed E-state index contributed by atoms with van der Waals surface area (Å²) in [5, 5.41) is 18.2. The van der Waals surface area contributed by atoms with Gasteiger partial charge >= 0.3 is 6.18 Å². The van der Waals surface area contributed by atoms with Crippen molar-refractivity contribution in [1.82, 2.24) is 4.98 Å². The van der Waals surface area contributed by atoms with E-state index in [0.717, 1.165) is 12.1 Å². The van der Waals surface area contributed by atoms with Crippen molar-refractivity contribution in [2.24, 2.45) is 0 Å². The molecule has 1 aromatic carbocycles. The van der Waals surface area contributed by atoms with E-state index in [1.54, 1.807) is 6.07 Å². The summed E-state index contributed by atoms with van der Waals surface area (Å²) in [6.07, 6.45) is -4.78. The maximum atomic E-state index is 13.2. The molecule has 0 amide bonds. The van der Waals surface area contributed by atoms with E-state index in [-0.39, 0.29) is 5.02 Å². The zero-order chi connectivity index (χ0) is 17.4. The maximum Gasteiger partial charge on any atom is 0.417 e. The molecule has 2 aromatic rings. The number of nitriles is 2. The third kappa shape index (κ3) is 2.85. The van der Waals surface area contributed by atoms with Crippen LogP contribution in [0.2, 0.25) is 5.02 Å². The fourth-order valence-electron chi connectivity index (χ4n) is 2.08. The molecule has 0 saturated carbocycles. The molecule has 0 unspecified atom stereocenters. The molecule has 1 aromatic heterocycles. The highest BCUT2D eigenvalue weighted by Crippen LogP contribution is 2.40. The number of nitrogen functional groups attached to an aromatic ring is 1. The van der Waals surface area contributed by atoms with Gasteiger partial charge in [0.2, 0.25) is 0 Å². The Morgan fingerprint density at radius 1 is 1.17 bits per heavy atom. The molecule has 0 spiro atoms. The van der Waals surface area contributed by atoms with Crippen molar-refractivity contribution in [3.63, 3.8) is 0 Å². The third-order valence-corrected chi connectivity index (χ3v) is 3.26. The van der Waals surface area contributed by atoms with Crippen LogP contribution in [0, 0.1) is 22.7 Å². The topological polar surface area (TPSA) is 106 Å². The van der Waals surface area contributed by atoms with Gasteiger partial charge in [-0.3, -0.25) is 4.79 Å². The summed E-state index contributed by atoms with van der Waals surface area (Å²) >= 11 is 5.74. The van der Waals surface area contributed by atoms with Gasteiger partial charge in [0.05, 0.1) is 5.56 Å². The van der Waals surface area contributed by atoms with Gasteiger partial charge in [0.15, 0.2) is 0 Å². The summed E-state index contributed by atoms with van der Waals surface area (Å²) in [7, 11) is 0. The Bertz CT molecular complexity index is 935. The zero-order valence-corrected chi connectivity index (χ0v) is 11.9. The zero-order valence-electron chi connectivity index (χ0n) is 11.1. The number of benzene rings is 1. The number of nitrogens with one attached hydrogen (secondary N) is 1. The Kier molecular flexibility index (Phi) is 4.04. The van der Waals surface area contributed by atoms with Crippen LogP contribution in [-0.4, -0.2) is 4.98 Å². The van der Waals surface area contributed by atoms with Crippen molar-refractivity contribution < 1.29 is 13.2 Å². The third-order valence-electron chi connectivity index (χ3n) is 3.02. The quantitative estimate of drug-likeness (QED) is 0.833. The molecule has 3 N–H and O–H groups in total. The summed E-state index contributed by atoms with van der Waals surface area (Å²) in [5.41, 5.74) is 1.22. The van der Waals surface area contributed by atoms with E-state index in [0.29, 0.717) is 6.07 Å². The first-order chi connectivity index (χ1) is 10.7. The molecule has 2 rings (SSSR count). The minimum atomic E-state index is -4.78. The SMILES string of the molecule is N#Cc1c(N)[nH]c(=O)c(C#N)c1-c1cc(Cl)ccc1C(F)(F)F. The lowest BCUT2D eigenvalue weighted by molar-refractivity contribution is -0.137. The highest BCUT2D eigenvalue weighted by Gasteiger charge is 2.35. The molecule has 5 nitrogen and oxygen atoms in total. The fourth-order valence-corrected chi connectivity index (χ4v) is 2.26. The number of hydrogen-bond donors (Lipinski definition) is 2. The van der Waals surface area contributed by atoms with Crippen molar-refractivity contribution in [2.75, 3.05) is 5.73 Å². The lowest BCUT2D eigenvalue weighted by atomic mass is 9.92.